The van der Waals surface area contributed by atoms with Crippen molar-refractivity contribution in [3.8, 4) is 5.69 Å². The van der Waals surface area contributed by atoms with Gasteiger partial charge in [-0.25, -0.2) is 9.67 Å². The van der Waals surface area contributed by atoms with Gasteiger partial charge in [0, 0.05) is 0 Å². The highest BCUT2D eigenvalue weighted by molar-refractivity contribution is 6.20. The van der Waals surface area contributed by atoms with Gasteiger partial charge in [-0.1, -0.05) is 23.7 Å². The Kier molecular flexibility index (Phi) is 2.73. The van der Waals surface area contributed by atoms with Crippen LogP contribution in [0.2, 0.25) is 0 Å². The summed E-state index contributed by atoms with van der Waals surface area (Å²) in [6.07, 6.45) is 3.00. The van der Waals surface area contributed by atoms with Gasteiger partial charge in [-0.3, -0.25) is 0 Å². The minimum atomic E-state index is -0.867. The Morgan fingerprint density at radius 2 is 2.33 bits per heavy atom. The molecule has 0 radical (unpaired) electrons. The molecule has 0 aliphatic carbocycles. The molecule has 1 heterocycles. The van der Waals surface area contributed by atoms with E-state index >= 15 is 0 Å². The SMILES string of the molecule is O=NC(Cl)c1cccc(-n2cncn2)c1. The largest absolute Gasteiger partial charge is 0.223 e. The van der Waals surface area contributed by atoms with E-state index in [1.165, 1.54) is 6.33 Å². The van der Waals surface area contributed by atoms with E-state index in [1.807, 2.05) is 6.07 Å². The van der Waals surface area contributed by atoms with Crippen LogP contribution in [0.25, 0.3) is 5.69 Å². The van der Waals surface area contributed by atoms with Crippen molar-refractivity contribution in [3.05, 3.63) is 47.4 Å². The minimum Gasteiger partial charge on any atom is -0.223 e. The van der Waals surface area contributed by atoms with Crippen LogP contribution in [0.1, 0.15) is 11.1 Å². The molecule has 1 atom stereocenters. The number of halogens is 1. The highest BCUT2D eigenvalue weighted by Gasteiger charge is 2.08. The molecule has 15 heavy (non-hydrogen) atoms. The summed E-state index contributed by atoms with van der Waals surface area (Å²) in [7, 11) is 0. The van der Waals surface area contributed by atoms with E-state index in [9.17, 15) is 4.91 Å². The lowest BCUT2D eigenvalue weighted by molar-refractivity contribution is 0.872. The molecule has 6 heteroatoms. The first kappa shape index (κ1) is 9.79. The zero-order valence-corrected chi connectivity index (χ0v) is 8.37. The van der Waals surface area contributed by atoms with Crippen LogP contribution in [-0.4, -0.2) is 14.8 Å². The first-order valence-corrected chi connectivity index (χ1v) is 4.66. The second kappa shape index (κ2) is 4.18. The maximum absolute atomic E-state index is 10.3. The Bertz CT molecular complexity index is 457. The van der Waals surface area contributed by atoms with E-state index in [0.29, 0.717) is 5.56 Å². The van der Waals surface area contributed by atoms with Gasteiger partial charge < -0.3 is 0 Å². The molecule has 0 fully saturated rings. The second-order valence-corrected chi connectivity index (χ2v) is 3.29. The molecule has 2 rings (SSSR count). The molecule has 0 aliphatic heterocycles. The van der Waals surface area contributed by atoms with E-state index in [0.717, 1.165) is 5.69 Å². The first-order chi connectivity index (χ1) is 7.31. The van der Waals surface area contributed by atoms with E-state index < -0.39 is 5.50 Å². The topological polar surface area (TPSA) is 60.1 Å². The average molecular weight is 223 g/mol. The normalized spacial score (nSPS) is 12.3. The van der Waals surface area contributed by atoms with Crippen LogP contribution in [0.3, 0.4) is 0 Å². The van der Waals surface area contributed by atoms with Gasteiger partial charge in [-0.2, -0.15) is 5.10 Å². The number of rotatable bonds is 3. The van der Waals surface area contributed by atoms with Gasteiger partial charge in [0.2, 0.25) is 0 Å². The van der Waals surface area contributed by atoms with Gasteiger partial charge in [-0.15, -0.1) is 4.91 Å². The van der Waals surface area contributed by atoms with Crippen LogP contribution in [0, 0.1) is 4.91 Å². The van der Waals surface area contributed by atoms with Crippen molar-refractivity contribution >= 4 is 11.6 Å². The molecule has 76 valence electrons. The van der Waals surface area contributed by atoms with Crippen LogP contribution in [0.15, 0.2) is 42.1 Å². The molecule has 1 unspecified atom stereocenters. The first-order valence-electron chi connectivity index (χ1n) is 4.23. The Morgan fingerprint density at radius 1 is 1.47 bits per heavy atom. The fourth-order valence-corrected chi connectivity index (χ4v) is 1.35. The Balaban J connectivity index is 2.39. The third-order valence-electron chi connectivity index (χ3n) is 1.92. The highest BCUT2D eigenvalue weighted by Crippen LogP contribution is 2.22. The zero-order valence-electron chi connectivity index (χ0n) is 7.62. The summed E-state index contributed by atoms with van der Waals surface area (Å²) in [5, 5.41) is 6.72. The number of aromatic nitrogens is 3. The number of benzene rings is 1. The lowest BCUT2D eigenvalue weighted by atomic mass is 10.2. The second-order valence-electron chi connectivity index (χ2n) is 2.88. The van der Waals surface area contributed by atoms with Crippen molar-refractivity contribution in [2.24, 2.45) is 5.18 Å². The molecule has 1 aromatic heterocycles. The quantitative estimate of drug-likeness (QED) is 0.455. The van der Waals surface area contributed by atoms with Crippen molar-refractivity contribution in [1.82, 2.24) is 14.8 Å². The van der Waals surface area contributed by atoms with Crippen molar-refractivity contribution in [3.63, 3.8) is 0 Å². The summed E-state index contributed by atoms with van der Waals surface area (Å²) in [5.74, 6) is 0. The standard InChI is InChI=1S/C9H7ClN4O/c10-9(13-15)7-2-1-3-8(4-7)14-6-11-5-12-14/h1-6,9H. The lowest BCUT2D eigenvalue weighted by Crippen LogP contribution is -1.95. The monoisotopic (exact) mass is 222 g/mol. The Labute approximate surface area is 90.7 Å². The highest BCUT2D eigenvalue weighted by atomic mass is 35.5. The van der Waals surface area contributed by atoms with Crippen molar-refractivity contribution in [2.45, 2.75) is 5.50 Å². The molecular weight excluding hydrogens is 216 g/mol. The van der Waals surface area contributed by atoms with Crippen LogP contribution < -0.4 is 0 Å². The summed E-state index contributed by atoms with van der Waals surface area (Å²) in [6, 6.07) is 7.10. The van der Waals surface area contributed by atoms with Crippen LogP contribution in [0.5, 0.6) is 0 Å². The number of alkyl halides is 1. The van der Waals surface area contributed by atoms with Gasteiger partial charge in [0.15, 0.2) is 5.50 Å². The smallest absolute Gasteiger partial charge is 0.190 e. The van der Waals surface area contributed by atoms with Crippen molar-refractivity contribution in [1.29, 1.82) is 0 Å². The fraction of sp³-hybridized carbons (Fsp3) is 0.111. The van der Waals surface area contributed by atoms with Crippen LogP contribution in [-0.2, 0) is 0 Å². The Morgan fingerprint density at radius 3 is 3.00 bits per heavy atom. The number of hydrogen-bond donors (Lipinski definition) is 0. The summed E-state index contributed by atoms with van der Waals surface area (Å²) < 4.78 is 1.58. The zero-order chi connectivity index (χ0) is 10.7. The van der Waals surface area contributed by atoms with Gasteiger partial charge in [-0.05, 0) is 22.9 Å². The van der Waals surface area contributed by atoms with E-state index in [1.54, 1.807) is 29.2 Å². The molecule has 0 amide bonds. The molecule has 1 aromatic carbocycles. The maximum Gasteiger partial charge on any atom is 0.190 e. The van der Waals surface area contributed by atoms with E-state index in [-0.39, 0.29) is 0 Å². The summed E-state index contributed by atoms with van der Waals surface area (Å²) in [4.78, 5) is 14.1. The minimum absolute atomic E-state index is 0.639. The third-order valence-corrected chi connectivity index (χ3v) is 2.25. The molecule has 0 N–H and O–H groups in total. The fourth-order valence-electron chi connectivity index (χ4n) is 1.22. The summed E-state index contributed by atoms with van der Waals surface area (Å²) in [5.41, 5.74) is 0.562. The number of hydrogen-bond acceptors (Lipinski definition) is 4. The molecular formula is C9H7ClN4O. The van der Waals surface area contributed by atoms with Gasteiger partial charge in [0.05, 0.1) is 5.69 Å². The number of nitrogens with zero attached hydrogens (tertiary/aromatic N) is 4. The third kappa shape index (κ3) is 2.02. The summed E-state index contributed by atoms with van der Waals surface area (Å²) >= 11 is 5.70. The van der Waals surface area contributed by atoms with Gasteiger partial charge in [0.25, 0.3) is 0 Å². The van der Waals surface area contributed by atoms with E-state index in [4.69, 9.17) is 11.6 Å². The Hall–Kier alpha value is -1.75. The lowest BCUT2D eigenvalue weighted by Gasteiger charge is -2.04. The molecule has 2 aromatic rings. The molecule has 0 saturated heterocycles. The molecule has 0 spiro atoms. The van der Waals surface area contributed by atoms with Crippen LogP contribution in [0.4, 0.5) is 0 Å². The van der Waals surface area contributed by atoms with Gasteiger partial charge in [0.1, 0.15) is 12.7 Å². The van der Waals surface area contributed by atoms with Crippen molar-refractivity contribution in [2.75, 3.05) is 0 Å². The van der Waals surface area contributed by atoms with E-state index in [2.05, 4.69) is 15.3 Å². The molecule has 0 bridgehead atoms. The molecule has 0 aliphatic rings. The molecule has 5 nitrogen and oxygen atoms in total. The number of nitroso groups, excluding NO2 is 1. The predicted octanol–water partition coefficient (Wildman–Crippen LogP) is 2.27. The predicted molar refractivity (Wildman–Crippen MR) is 55.7 cm³/mol. The average Bonchev–Trinajstić information content (AvgIpc) is 2.82. The van der Waals surface area contributed by atoms with Crippen molar-refractivity contribution < 1.29 is 0 Å². The molecule has 0 saturated carbocycles. The maximum atomic E-state index is 10.3. The van der Waals surface area contributed by atoms with Crippen LogP contribution >= 0.6 is 11.6 Å². The summed E-state index contributed by atoms with van der Waals surface area (Å²) in [6.45, 7) is 0. The van der Waals surface area contributed by atoms with Gasteiger partial charge >= 0.3 is 0 Å².